The van der Waals surface area contributed by atoms with Gasteiger partial charge < -0.3 is 0 Å². The fourth-order valence-corrected chi connectivity index (χ4v) is 2.68. The van der Waals surface area contributed by atoms with Crippen molar-refractivity contribution in [1.82, 2.24) is 0 Å². The van der Waals surface area contributed by atoms with Crippen molar-refractivity contribution in [3.63, 3.8) is 0 Å². The predicted octanol–water partition coefficient (Wildman–Crippen LogP) is 6.22. The molecular weight excluding hydrogens is 240 g/mol. The molecule has 0 heteroatoms. The van der Waals surface area contributed by atoms with Gasteiger partial charge in [-0.15, -0.1) is 0 Å². The molecule has 1 aliphatic carbocycles. The Kier molecular flexibility index (Phi) is 5.16. The molecule has 0 atom stereocenters. The van der Waals surface area contributed by atoms with Gasteiger partial charge in [0.25, 0.3) is 0 Å². The Hall–Kier alpha value is -1.56. The Morgan fingerprint density at radius 1 is 1.20 bits per heavy atom. The summed E-state index contributed by atoms with van der Waals surface area (Å²) in [5, 5.41) is 0. The molecule has 0 aliphatic heterocycles. The Morgan fingerprint density at radius 3 is 2.35 bits per heavy atom. The van der Waals surface area contributed by atoms with Crippen LogP contribution in [0.3, 0.4) is 0 Å². The summed E-state index contributed by atoms with van der Waals surface area (Å²) in [5.74, 6) is 0. The highest BCUT2D eigenvalue weighted by Crippen LogP contribution is 2.49. The predicted molar refractivity (Wildman–Crippen MR) is 92.1 cm³/mol. The molecule has 1 aliphatic rings. The monoisotopic (exact) mass is 268 g/mol. The average Bonchev–Trinajstić information content (AvgIpc) is 2.62. The van der Waals surface area contributed by atoms with Crippen LogP contribution in [0.1, 0.15) is 58.2 Å². The third-order valence-electron chi connectivity index (χ3n) is 4.00. The van der Waals surface area contributed by atoms with Crippen LogP contribution < -0.4 is 0 Å². The van der Waals surface area contributed by atoms with E-state index in [0.29, 0.717) is 0 Å². The molecule has 0 bridgehead atoms. The molecule has 0 N–H and O–H groups in total. The molecule has 0 spiro atoms. The number of benzene rings is 1. The molecule has 0 saturated heterocycles. The topological polar surface area (TPSA) is 0 Å². The highest BCUT2D eigenvalue weighted by atomic mass is 14.4. The van der Waals surface area contributed by atoms with Crippen LogP contribution in [0.4, 0.5) is 0 Å². The number of hydrogen-bond donors (Lipinski definition) is 0. The van der Waals surface area contributed by atoms with Gasteiger partial charge >= 0.3 is 0 Å². The number of hydrogen-bond acceptors (Lipinski definition) is 0. The van der Waals surface area contributed by atoms with Crippen LogP contribution in [0.15, 0.2) is 48.1 Å². The highest BCUT2D eigenvalue weighted by Gasteiger charge is 2.36. The Bertz CT molecular complexity index is 566. The molecule has 0 fully saturated rings. The fourth-order valence-electron chi connectivity index (χ4n) is 2.68. The largest absolute Gasteiger partial charge is 0.0908 e. The van der Waals surface area contributed by atoms with Crippen LogP contribution in [0.5, 0.6) is 0 Å². The molecule has 0 nitrogen and oxygen atoms in total. The lowest BCUT2D eigenvalue weighted by molar-refractivity contribution is 0.659. The van der Waals surface area contributed by atoms with Gasteiger partial charge in [-0.2, -0.15) is 0 Å². The maximum atomic E-state index is 4.29. The number of fused-ring (bicyclic) bond motifs is 1. The van der Waals surface area contributed by atoms with Gasteiger partial charge in [-0.1, -0.05) is 75.8 Å². The second kappa shape index (κ2) is 6.26. The van der Waals surface area contributed by atoms with Crippen LogP contribution in [-0.2, 0) is 5.41 Å². The third-order valence-corrected chi connectivity index (χ3v) is 4.00. The first-order valence-corrected chi connectivity index (χ1v) is 7.53. The quantitative estimate of drug-likeness (QED) is 0.567. The van der Waals surface area contributed by atoms with Crippen molar-refractivity contribution in [3.05, 3.63) is 64.8 Å². The first-order chi connectivity index (χ1) is 9.37. The van der Waals surface area contributed by atoms with Crippen LogP contribution in [0.25, 0.3) is 5.57 Å². The number of allylic oxidation sites excluding steroid dienone is 5. The molecule has 0 heterocycles. The zero-order valence-electron chi connectivity index (χ0n) is 14.1. The van der Waals surface area contributed by atoms with E-state index >= 15 is 0 Å². The van der Waals surface area contributed by atoms with Crippen LogP contribution in [-0.4, -0.2) is 0 Å². The average molecular weight is 268 g/mol. The lowest BCUT2D eigenvalue weighted by Crippen LogP contribution is -2.15. The summed E-state index contributed by atoms with van der Waals surface area (Å²) in [6.45, 7) is 19.2. The summed E-state index contributed by atoms with van der Waals surface area (Å²) in [5.41, 5.74) is 7.91. The minimum atomic E-state index is 0.0582. The lowest BCUT2D eigenvalue weighted by atomic mass is 9.81. The first-order valence-electron chi connectivity index (χ1n) is 7.53. The second-order valence-electron chi connectivity index (χ2n) is 5.74. The van der Waals surface area contributed by atoms with E-state index in [0.717, 1.165) is 0 Å². The van der Waals surface area contributed by atoms with E-state index < -0.39 is 0 Å². The molecular formula is C20H28. The molecule has 20 heavy (non-hydrogen) atoms. The summed E-state index contributed by atoms with van der Waals surface area (Å²) in [4.78, 5) is 0. The van der Waals surface area contributed by atoms with Crippen LogP contribution >= 0.6 is 0 Å². The zero-order chi connectivity index (χ0) is 15.5. The van der Waals surface area contributed by atoms with Crippen molar-refractivity contribution in [2.24, 2.45) is 0 Å². The molecule has 1 aromatic carbocycles. The van der Waals surface area contributed by atoms with Crippen molar-refractivity contribution in [2.75, 3.05) is 0 Å². The van der Waals surface area contributed by atoms with Gasteiger partial charge in [0.2, 0.25) is 0 Å². The van der Waals surface area contributed by atoms with Crippen LogP contribution in [0, 0.1) is 6.92 Å². The van der Waals surface area contributed by atoms with Crippen molar-refractivity contribution in [1.29, 1.82) is 0 Å². The van der Waals surface area contributed by atoms with E-state index in [1.165, 1.54) is 33.4 Å². The molecule has 0 unspecified atom stereocenters. The molecule has 0 amide bonds. The van der Waals surface area contributed by atoms with E-state index in [-0.39, 0.29) is 5.41 Å². The minimum Gasteiger partial charge on any atom is -0.0908 e. The maximum absolute atomic E-state index is 4.29. The SMILES string of the molecule is C=C1/C(=C\C(C)=C/C)C(C)(C)c2cc(C)ccc21.CC. The van der Waals surface area contributed by atoms with Gasteiger partial charge in [-0.3, -0.25) is 0 Å². The van der Waals surface area contributed by atoms with E-state index in [1.54, 1.807) is 0 Å². The smallest absolute Gasteiger partial charge is 0.0158 e. The Balaban J connectivity index is 0.000000956. The van der Waals surface area contributed by atoms with Gasteiger partial charge in [0.1, 0.15) is 0 Å². The molecule has 0 saturated carbocycles. The molecule has 2 rings (SSSR count). The highest BCUT2D eigenvalue weighted by molar-refractivity contribution is 5.88. The standard InChI is InChI=1S/C18H22.C2H6/c1-7-12(2)10-16-14(4)15-9-8-13(3)11-17(15)18(16,5)6;1-2/h7-11H,4H2,1-3,5-6H3;1-2H3/b12-7-,16-10+;. The minimum absolute atomic E-state index is 0.0582. The normalized spacial score (nSPS) is 18.6. The van der Waals surface area contributed by atoms with E-state index in [4.69, 9.17) is 0 Å². The van der Waals surface area contributed by atoms with Gasteiger partial charge in [0.05, 0.1) is 0 Å². The van der Waals surface area contributed by atoms with Gasteiger partial charge in [0, 0.05) is 5.41 Å². The van der Waals surface area contributed by atoms with Gasteiger partial charge in [-0.25, -0.2) is 0 Å². The molecule has 0 radical (unpaired) electrons. The molecule has 1 aromatic rings. The summed E-state index contributed by atoms with van der Waals surface area (Å²) in [6, 6.07) is 6.68. The van der Waals surface area contributed by atoms with Crippen molar-refractivity contribution in [2.45, 2.75) is 53.9 Å². The van der Waals surface area contributed by atoms with E-state index in [2.05, 4.69) is 71.5 Å². The lowest BCUT2D eigenvalue weighted by Gasteiger charge is -2.22. The van der Waals surface area contributed by atoms with E-state index in [9.17, 15) is 0 Å². The second-order valence-corrected chi connectivity index (χ2v) is 5.74. The third kappa shape index (κ3) is 2.80. The summed E-state index contributed by atoms with van der Waals surface area (Å²) >= 11 is 0. The van der Waals surface area contributed by atoms with Crippen molar-refractivity contribution in [3.8, 4) is 0 Å². The Labute approximate surface area is 124 Å². The van der Waals surface area contributed by atoms with Gasteiger partial charge in [0.15, 0.2) is 0 Å². The Morgan fingerprint density at radius 2 is 1.80 bits per heavy atom. The molecule has 0 aromatic heterocycles. The first kappa shape index (κ1) is 16.5. The summed E-state index contributed by atoms with van der Waals surface area (Å²) in [6.07, 6.45) is 4.42. The number of rotatable bonds is 1. The van der Waals surface area contributed by atoms with Crippen molar-refractivity contribution >= 4 is 5.57 Å². The van der Waals surface area contributed by atoms with E-state index in [1.807, 2.05) is 13.8 Å². The van der Waals surface area contributed by atoms with Gasteiger partial charge in [-0.05, 0) is 43.0 Å². The molecule has 108 valence electrons. The fraction of sp³-hybridized carbons (Fsp3) is 0.400. The summed E-state index contributed by atoms with van der Waals surface area (Å²) in [7, 11) is 0. The zero-order valence-corrected chi connectivity index (χ0v) is 14.1. The number of aryl methyl sites for hydroxylation is 1. The maximum Gasteiger partial charge on any atom is 0.0158 e. The summed E-state index contributed by atoms with van der Waals surface area (Å²) < 4.78 is 0. The van der Waals surface area contributed by atoms with Crippen LogP contribution in [0.2, 0.25) is 0 Å². The van der Waals surface area contributed by atoms with Crippen molar-refractivity contribution < 1.29 is 0 Å².